The first-order valence-electron chi connectivity index (χ1n) is 23.9. The first kappa shape index (κ1) is 52.6. The molecule has 0 aliphatic rings. The lowest BCUT2D eigenvalue weighted by molar-refractivity contribution is -0.151. The number of amides is 1. The fourth-order valence-electron chi connectivity index (χ4n) is 7.43. The Bertz CT molecular complexity index is 817. The van der Waals surface area contributed by atoms with Crippen LogP contribution in [-0.4, -0.2) is 46.9 Å². The Kier molecular flexibility index (Phi) is 41.6. The summed E-state index contributed by atoms with van der Waals surface area (Å²) in [5.41, 5.74) is 0. The van der Waals surface area contributed by atoms with E-state index in [4.69, 9.17) is 4.74 Å². The highest BCUT2D eigenvalue weighted by atomic mass is 16.5. The lowest BCUT2D eigenvalue weighted by Gasteiger charge is -2.24. The molecule has 0 saturated heterocycles. The third kappa shape index (κ3) is 37.5. The highest BCUT2D eigenvalue weighted by Gasteiger charge is 2.24. The molecule has 320 valence electrons. The number of esters is 1. The number of hydrogen-bond donors (Lipinski definition) is 3. The average Bonchev–Trinajstić information content (AvgIpc) is 3.16. The van der Waals surface area contributed by atoms with Crippen LogP contribution in [0, 0.1) is 0 Å². The fourth-order valence-corrected chi connectivity index (χ4v) is 7.43. The first-order valence-corrected chi connectivity index (χ1v) is 23.9. The standard InChI is InChI=1S/C48H93NO5/c1-4-7-10-13-16-19-22-23-24-26-28-31-34-37-40-46(51)45(43-50)49-47(52)42-44(39-36-33-30-27-25-20-17-14-11-8-5-2)54-48(53)41-38-35-32-29-21-18-15-12-9-6-3/h12,15,44-46,50-51H,4-11,13-14,16-43H2,1-3H3,(H,49,52)/b15-12-. The summed E-state index contributed by atoms with van der Waals surface area (Å²) in [5.74, 6) is -0.474. The molecule has 1 amide bonds. The highest BCUT2D eigenvalue weighted by molar-refractivity contribution is 5.77. The second kappa shape index (κ2) is 42.7. The second-order valence-corrected chi connectivity index (χ2v) is 16.5. The van der Waals surface area contributed by atoms with Crippen molar-refractivity contribution in [3.05, 3.63) is 12.2 Å². The predicted molar refractivity (Wildman–Crippen MR) is 232 cm³/mol. The summed E-state index contributed by atoms with van der Waals surface area (Å²) in [6.07, 6.45) is 45.5. The Balaban J connectivity index is 4.50. The molecule has 0 bridgehead atoms. The van der Waals surface area contributed by atoms with Gasteiger partial charge in [-0.1, -0.05) is 213 Å². The van der Waals surface area contributed by atoms with Gasteiger partial charge in [0, 0.05) is 6.42 Å². The van der Waals surface area contributed by atoms with Gasteiger partial charge in [-0.05, 0) is 44.9 Å². The Morgan fingerprint density at radius 2 is 0.926 bits per heavy atom. The van der Waals surface area contributed by atoms with Gasteiger partial charge in [0.2, 0.25) is 5.91 Å². The van der Waals surface area contributed by atoms with E-state index in [0.29, 0.717) is 19.3 Å². The molecule has 0 aromatic rings. The quantitative estimate of drug-likeness (QED) is 0.0326. The van der Waals surface area contributed by atoms with Crippen LogP contribution in [-0.2, 0) is 14.3 Å². The summed E-state index contributed by atoms with van der Waals surface area (Å²) in [5, 5.41) is 23.7. The molecule has 0 radical (unpaired) electrons. The van der Waals surface area contributed by atoms with E-state index in [1.54, 1.807) is 0 Å². The van der Waals surface area contributed by atoms with E-state index >= 15 is 0 Å². The van der Waals surface area contributed by atoms with Crippen molar-refractivity contribution in [2.45, 2.75) is 277 Å². The molecule has 3 unspecified atom stereocenters. The van der Waals surface area contributed by atoms with Gasteiger partial charge in [-0.2, -0.15) is 0 Å². The van der Waals surface area contributed by atoms with Gasteiger partial charge in [0.15, 0.2) is 0 Å². The molecule has 0 rings (SSSR count). The molecule has 0 spiro atoms. The lowest BCUT2D eigenvalue weighted by atomic mass is 10.0. The molecular formula is C48H93NO5. The number of aliphatic hydroxyl groups excluding tert-OH is 2. The summed E-state index contributed by atoms with van der Waals surface area (Å²) in [4.78, 5) is 26.0. The molecular weight excluding hydrogens is 671 g/mol. The van der Waals surface area contributed by atoms with E-state index in [1.807, 2.05) is 0 Å². The van der Waals surface area contributed by atoms with Gasteiger partial charge >= 0.3 is 5.97 Å². The summed E-state index contributed by atoms with van der Waals surface area (Å²) in [7, 11) is 0. The number of carbonyl (C=O) groups excluding carboxylic acids is 2. The van der Waals surface area contributed by atoms with Gasteiger partial charge < -0.3 is 20.3 Å². The van der Waals surface area contributed by atoms with Crippen LogP contribution in [0.15, 0.2) is 12.2 Å². The Hall–Kier alpha value is -1.40. The molecule has 0 saturated carbocycles. The number of rotatable bonds is 43. The maximum Gasteiger partial charge on any atom is 0.306 e. The van der Waals surface area contributed by atoms with Crippen LogP contribution < -0.4 is 5.32 Å². The third-order valence-electron chi connectivity index (χ3n) is 11.1. The van der Waals surface area contributed by atoms with Crippen LogP contribution in [0.25, 0.3) is 0 Å². The number of ether oxygens (including phenoxy) is 1. The minimum absolute atomic E-state index is 0.0805. The third-order valence-corrected chi connectivity index (χ3v) is 11.1. The van der Waals surface area contributed by atoms with Crippen LogP contribution in [0.4, 0.5) is 0 Å². The Morgan fingerprint density at radius 1 is 0.519 bits per heavy atom. The van der Waals surface area contributed by atoms with Crippen LogP contribution >= 0.6 is 0 Å². The van der Waals surface area contributed by atoms with Crippen molar-refractivity contribution in [2.24, 2.45) is 0 Å². The molecule has 54 heavy (non-hydrogen) atoms. The SMILES string of the molecule is CCC/C=C\CCCCCCCC(=O)OC(CCCCCCCCCCCCC)CC(=O)NC(CO)C(O)CCCCCCCCCCCCCCCC. The molecule has 6 heteroatoms. The highest BCUT2D eigenvalue weighted by Crippen LogP contribution is 2.18. The molecule has 6 nitrogen and oxygen atoms in total. The number of hydrogen-bond acceptors (Lipinski definition) is 5. The Morgan fingerprint density at radius 3 is 1.39 bits per heavy atom. The maximum atomic E-state index is 13.1. The van der Waals surface area contributed by atoms with Crippen molar-refractivity contribution >= 4 is 11.9 Å². The molecule has 3 atom stereocenters. The predicted octanol–water partition coefficient (Wildman–Crippen LogP) is 13.8. The van der Waals surface area contributed by atoms with Crippen LogP contribution in [0.2, 0.25) is 0 Å². The molecule has 0 aromatic heterocycles. The maximum absolute atomic E-state index is 13.1. The minimum Gasteiger partial charge on any atom is -0.462 e. The van der Waals surface area contributed by atoms with Gasteiger partial charge in [-0.25, -0.2) is 0 Å². The second-order valence-electron chi connectivity index (χ2n) is 16.5. The van der Waals surface area contributed by atoms with Crippen molar-refractivity contribution in [3.8, 4) is 0 Å². The number of carbonyl (C=O) groups is 2. The summed E-state index contributed by atoms with van der Waals surface area (Å²) in [6.45, 7) is 6.42. The number of nitrogens with one attached hydrogen (secondary N) is 1. The number of allylic oxidation sites excluding steroid dienone is 2. The van der Waals surface area contributed by atoms with Crippen molar-refractivity contribution in [2.75, 3.05) is 6.61 Å². The number of aliphatic hydroxyl groups is 2. The van der Waals surface area contributed by atoms with Gasteiger partial charge in [-0.15, -0.1) is 0 Å². The monoisotopic (exact) mass is 764 g/mol. The molecule has 0 aliphatic heterocycles. The van der Waals surface area contributed by atoms with Crippen LogP contribution in [0.1, 0.15) is 258 Å². The van der Waals surface area contributed by atoms with E-state index < -0.39 is 18.2 Å². The topological polar surface area (TPSA) is 95.9 Å². The van der Waals surface area contributed by atoms with Gasteiger partial charge in [0.05, 0.1) is 25.2 Å². The molecule has 0 aliphatic carbocycles. The minimum atomic E-state index is -0.781. The zero-order valence-electron chi connectivity index (χ0n) is 36.4. The summed E-state index contributed by atoms with van der Waals surface area (Å²) >= 11 is 0. The van der Waals surface area contributed by atoms with Crippen molar-refractivity contribution in [3.63, 3.8) is 0 Å². The van der Waals surface area contributed by atoms with Crippen LogP contribution in [0.3, 0.4) is 0 Å². The lowest BCUT2D eigenvalue weighted by Crippen LogP contribution is -2.46. The van der Waals surface area contributed by atoms with Crippen molar-refractivity contribution in [1.29, 1.82) is 0 Å². The first-order chi connectivity index (χ1) is 26.5. The zero-order chi connectivity index (χ0) is 39.6. The normalized spacial score (nSPS) is 13.4. The van der Waals surface area contributed by atoms with Crippen LogP contribution in [0.5, 0.6) is 0 Å². The van der Waals surface area contributed by atoms with E-state index in [9.17, 15) is 19.8 Å². The smallest absolute Gasteiger partial charge is 0.306 e. The van der Waals surface area contributed by atoms with E-state index in [-0.39, 0.29) is 24.9 Å². The van der Waals surface area contributed by atoms with E-state index in [2.05, 4.69) is 38.2 Å². The number of unbranched alkanes of at least 4 members (excludes halogenated alkanes) is 29. The van der Waals surface area contributed by atoms with Gasteiger partial charge in [-0.3, -0.25) is 9.59 Å². The van der Waals surface area contributed by atoms with Gasteiger partial charge in [0.25, 0.3) is 0 Å². The largest absolute Gasteiger partial charge is 0.462 e. The molecule has 0 aromatic carbocycles. The Labute approximate surface area is 336 Å². The fraction of sp³-hybridized carbons (Fsp3) is 0.917. The zero-order valence-corrected chi connectivity index (χ0v) is 36.4. The van der Waals surface area contributed by atoms with Crippen molar-refractivity contribution < 1.29 is 24.5 Å². The summed E-state index contributed by atoms with van der Waals surface area (Å²) < 4.78 is 5.89. The molecule has 0 heterocycles. The average molecular weight is 764 g/mol. The van der Waals surface area contributed by atoms with Crippen molar-refractivity contribution in [1.82, 2.24) is 5.32 Å². The molecule has 3 N–H and O–H groups in total. The van der Waals surface area contributed by atoms with E-state index in [1.165, 1.54) is 154 Å². The van der Waals surface area contributed by atoms with Gasteiger partial charge in [0.1, 0.15) is 6.10 Å². The van der Waals surface area contributed by atoms with E-state index in [0.717, 1.165) is 57.8 Å². The molecule has 0 fully saturated rings. The summed E-state index contributed by atoms with van der Waals surface area (Å²) in [6, 6.07) is -0.695.